The normalized spacial score (nSPS) is 12.9. The van der Waals surface area contributed by atoms with Gasteiger partial charge < -0.3 is 10.1 Å². The molecule has 106 valence electrons. The van der Waals surface area contributed by atoms with E-state index in [4.69, 9.17) is 23.2 Å². The quantitative estimate of drug-likeness (QED) is 0.901. The molecule has 0 spiro atoms. The Morgan fingerprint density at radius 3 is 2.58 bits per heavy atom. The first-order valence-corrected chi connectivity index (χ1v) is 5.89. The van der Waals surface area contributed by atoms with Crippen molar-refractivity contribution in [1.29, 1.82) is 0 Å². The van der Waals surface area contributed by atoms with E-state index in [1.807, 2.05) is 0 Å². The van der Waals surface area contributed by atoms with Crippen LogP contribution in [0, 0.1) is 0 Å². The lowest BCUT2D eigenvalue weighted by molar-refractivity contribution is -0.160. The number of amides is 1. The Hall–Kier alpha value is -1.14. The minimum atomic E-state index is -4.56. The number of rotatable bonds is 3. The van der Waals surface area contributed by atoms with Crippen molar-refractivity contribution in [3.05, 3.63) is 33.8 Å². The summed E-state index contributed by atoms with van der Waals surface area (Å²) in [4.78, 5) is 11.1. The molecule has 0 radical (unpaired) electrons. The van der Waals surface area contributed by atoms with Crippen molar-refractivity contribution < 1.29 is 22.7 Å². The van der Waals surface area contributed by atoms with Crippen LogP contribution in [-0.4, -0.2) is 18.9 Å². The third kappa shape index (κ3) is 5.57. The number of nitrogens with one attached hydrogen (secondary N) is 1. The van der Waals surface area contributed by atoms with Gasteiger partial charge in [-0.25, -0.2) is 4.79 Å². The van der Waals surface area contributed by atoms with E-state index in [0.29, 0.717) is 15.6 Å². The number of carbonyl (C=O) groups excluding carboxylic acids is 1. The number of carbonyl (C=O) groups is 1. The highest BCUT2D eigenvalue weighted by Crippen LogP contribution is 2.26. The molecular weight excluding hydrogens is 306 g/mol. The van der Waals surface area contributed by atoms with Crippen LogP contribution in [0.25, 0.3) is 0 Å². The summed E-state index contributed by atoms with van der Waals surface area (Å²) in [6.07, 6.45) is -5.73. The average Bonchev–Trinajstić information content (AvgIpc) is 2.25. The Morgan fingerprint density at radius 1 is 1.42 bits per heavy atom. The van der Waals surface area contributed by atoms with Crippen LogP contribution in [-0.2, 0) is 4.74 Å². The average molecular weight is 316 g/mol. The highest BCUT2D eigenvalue weighted by molar-refractivity contribution is 6.35. The molecule has 1 N–H and O–H groups in total. The fourth-order valence-electron chi connectivity index (χ4n) is 1.30. The van der Waals surface area contributed by atoms with E-state index in [1.165, 1.54) is 6.07 Å². The molecule has 0 fully saturated rings. The van der Waals surface area contributed by atoms with Gasteiger partial charge >= 0.3 is 12.3 Å². The minimum Gasteiger partial charge on any atom is -0.440 e. The van der Waals surface area contributed by atoms with Crippen LogP contribution in [0.15, 0.2) is 18.2 Å². The first kappa shape index (κ1) is 15.9. The van der Waals surface area contributed by atoms with Gasteiger partial charge in [-0.05, 0) is 24.6 Å². The fourth-order valence-corrected chi connectivity index (χ4v) is 1.87. The molecule has 1 atom stereocenters. The van der Waals surface area contributed by atoms with Crippen molar-refractivity contribution in [2.45, 2.75) is 19.1 Å². The van der Waals surface area contributed by atoms with Crippen LogP contribution < -0.4 is 5.32 Å². The van der Waals surface area contributed by atoms with Crippen LogP contribution in [0.3, 0.4) is 0 Å². The third-order valence-electron chi connectivity index (χ3n) is 2.13. The molecular formula is C11H10Cl2F3NO2. The molecule has 0 heterocycles. The van der Waals surface area contributed by atoms with Crippen LogP contribution in [0.4, 0.5) is 18.0 Å². The molecule has 1 aromatic carbocycles. The van der Waals surface area contributed by atoms with Gasteiger partial charge in [-0.3, -0.25) is 0 Å². The zero-order chi connectivity index (χ0) is 14.6. The van der Waals surface area contributed by atoms with Gasteiger partial charge in [0.1, 0.15) is 0 Å². The summed E-state index contributed by atoms with van der Waals surface area (Å²) >= 11 is 11.6. The van der Waals surface area contributed by atoms with E-state index in [-0.39, 0.29) is 0 Å². The Balaban J connectivity index is 2.59. The summed E-state index contributed by atoms with van der Waals surface area (Å²) < 4.78 is 39.6. The summed E-state index contributed by atoms with van der Waals surface area (Å²) in [6.45, 7) is -0.0795. The van der Waals surface area contributed by atoms with Crippen molar-refractivity contribution in [2.75, 3.05) is 6.61 Å². The number of halogens is 5. The second-order valence-electron chi connectivity index (χ2n) is 3.72. The fraction of sp³-hybridized carbons (Fsp3) is 0.364. The van der Waals surface area contributed by atoms with Gasteiger partial charge in [0.05, 0.1) is 6.04 Å². The number of hydrogen-bond donors (Lipinski definition) is 1. The van der Waals surface area contributed by atoms with Crippen LogP contribution >= 0.6 is 23.2 Å². The monoisotopic (exact) mass is 315 g/mol. The zero-order valence-corrected chi connectivity index (χ0v) is 11.2. The molecule has 1 unspecified atom stereocenters. The Labute approximate surface area is 117 Å². The van der Waals surface area contributed by atoms with Crippen molar-refractivity contribution >= 4 is 29.3 Å². The standard InChI is InChI=1S/C11H10Cl2F3NO2/c1-6(8-3-2-7(12)4-9(8)13)17-10(18)19-5-11(14,15)16/h2-4,6H,5H2,1H3,(H,17,18). The first-order valence-electron chi connectivity index (χ1n) is 5.14. The Kier molecular flexibility index (Phi) is 5.31. The van der Waals surface area contributed by atoms with Crippen molar-refractivity contribution in [2.24, 2.45) is 0 Å². The summed E-state index contributed by atoms with van der Waals surface area (Å²) in [5.41, 5.74) is 0.523. The molecule has 8 heteroatoms. The van der Waals surface area contributed by atoms with Gasteiger partial charge in [0.15, 0.2) is 6.61 Å². The van der Waals surface area contributed by atoms with E-state index in [9.17, 15) is 18.0 Å². The number of alkyl carbamates (subject to hydrolysis) is 1. The number of alkyl halides is 3. The van der Waals surface area contributed by atoms with Crippen molar-refractivity contribution in [3.63, 3.8) is 0 Å². The second kappa shape index (κ2) is 6.34. The maximum atomic E-state index is 11.8. The summed E-state index contributed by atoms with van der Waals surface area (Å²) in [5, 5.41) is 2.96. The molecule has 1 aromatic rings. The molecule has 3 nitrogen and oxygen atoms in total. The van der Waals surface area contributed by atoms with Gasteiger partial charge in [0.2, 0.25) is 0 Å². The molecule has 0 aromatic heterocycles. The molecule has 0 bridgehead atoms. The molecule has 1 rings (SSSR count). The van der Waals surface area contributed by atoms with Crippen LogP contribution in [0.2, 0.25) is 10.0 Å². The van der Waals surface area contributed by atoms with Crippen LogP contribution in [0.5, 0.6) is 0 Å². The number of hydrogen-bond acceptors (Lipinski definition) is 2. The van der Waals surface area contributed by atoms with Gasteiger partial charge in [-0.2, -0.15) is 13.2 Å². The summed E-state index contributed by atoms with van der Waals surface area (Å²) in [5.74, 6) is 0. The van der Waals surface area contributed by atoms with E-state index >= 15 is 0 Å². The van der Waals surface area contributed by atoms with Gasteiger partial charge in [-0.1, -0.05) is 29.3 Å². The van der Waals surface area contributed by atoms with Crippen molar-refractivity contribution in [3.8, 4) is 0 Å². The lowest BCUT2D eigenvalue weighted by atomic mass is 10.1. The smallest absolute Gasteiger partial charge is 0.422 e. The summed E-state index contributed by atoms with van der Waals surface area (Å²) in [7, 11) is 0. The van der Waals surface area contributed by atoms with E-state index in [1.54, 1.807) is 19.1 Å². The molecule has 0 saturated carbocycles. The van der Waals surface area contributed by atoms with Crippen molar-refractivity contribution in [1.82, 2.24) is 5.32 Å². The van der Waals surface area contributed by atoms with Crippen LogP contribution in [0.1, 0.15) is 18.5 Å². The van der Waals surface area contributed by atoms with E-state index < -0.39 is 24.9 Å². The Bertz CT molecular complexity index is 466. The van der Waals surface area contributed by atoms with E-state index in [0.717, 1.165) is 0 Å². The topological polar surface area (TPSA) is 38.3 Å². The highest BCUT2D eigenvalue weighted by Gasteiger charge is 2.29. The van der Waals surface area contributed by atoms with Gasteiger partial charge in [0.25, 0.3) is 0 Å². The molecule has 0 aliphatic rings. The van der Waals surface area contributed by atoms with Gasteiger partial charge in [0, 0.05) is 10.0 Å². The summed E-state index contributed by atoms with van der Waals surface area (Å²) in [6, 6.07) is 3.99. The molecule has 0 aliphatic heterocycles. The van der Waals surface area contributed by atoms with Gasteiger partial charge in [-0.15, -0.1) is 0 Å². The molecule has 0 saturated heterocycles. The SMILES string of the molecule is CC(NC(=O)OCC(F)(F)F)c1ccc(Cl)cc1Cl. The first-order chi connectivity index (χ1) is 8.69. The molecule has 0 aliphatic carbocycles. The Morgan fingerprint density at radius 2 is 2.05 bits per heavy atom. The van der Waals surface area contributed by atoms with E-state index in [2.05, 4.69) is 10.1 Å². The second-order valence-corrected chi connectivity index (χ2v) is 4.57. The maximum Gasteiger partial charge on any atom is 0.422 e. The predicted molar refractivity (Wildman–Crippen MR) is 65.4 cm³/mol. The maximum absolute atomic E-state index is 11.8. The number of ether oxygens (including phenoxy) is 1. The zero-order valence-electron chi connectivity index (χ0n) is 9.72. The number of benzene rings is 1. The molecule has 1 amide bonds. The largest absolute Gasteiger partial charge is 0.440 e. The minimum absolute atomic E-state index is 0.302. The predicted octanol–water partition coefficient (Wildman–Crippen LogP) is 4.34. The third-order valence-corrected chi connectivity index (χ3v) is 2.69. The highest BCUT2D eigenvalue weighted by atomic mass is 35.5. The lowest BCUT2D eigenvalue weighted by Crippen LogP contribution is -2.31. The lowest BCUT2D eigenvalue weighted by Gasteiger charge is -2.16. The molecule has 19 heavy (non-hydrogen) atoms.